The molecule has 6 heteroatoms. The summed E-state index contributed by atoms with van der Waals surface area (Å²) in [4.78, 5) is 0. The molecule has 0 bridgehead atoms. The number of nitrogens with two attached hydrogens (primary N) is 1. The van der Waals surface area contributed by atoms with E-state index >= 15 is 0 Å². The molecule has 0 aliphatic rings. The van der Waals surface area contributed by atoms with Crippen molar-refractivity contribution >= 4 is 11.3 Å². The van der Waals surface area contributed by atoms with E-state index in [1.165, 1.54) is 11.3 Å². The molecule has 0 saturated carbocycles. The molecule has 1 atom stereocenters. The second kappa shape index (κ2) is 4.41. The average molecular weight is 221 g/mol. The summed E-state index contributed by atoms with van der Waals surface area (Å²) in [7, 11) is 0. The fourth-order valence-electron chi connectivity index (χ4n) is 1.09. The Morgan fingerprint density at radius 1 is 1.40 bits per heavy atom. The minimum atomic E-state index is -0.0222. The highest BCUT2D eigenvalue weighted by molar-refractivity contribution is 7.14. The van der Waals surface area contributed by atoms with Gasteiger partial charge < -0.3 is 5.73 Å². The van der Waals surface area contributed by atoms with Gasteiger partial charge in [0, 0.05) is 5.56 Å². The monoisotopic (exact) mass is 221 g/mol. The molecule has 5 nitrogen and oxygen atoms in total. The van der Waals surface area contributed by atoms with Crippen LogP contribution >= 0.6 is 11.3 Å². The van der Waals surface area contributed by atoms with Gasteiger partial charge in [0.25, 0.3) is 0 Å². The van der Waals surface area contributed by atoms with Gasteiger partial charge in [0.1, 0.15) is 10.0 Å². The summed E-state index contributed by atoms with van der Waals surface area (Å²) in [6.45, 7) is 2.03. The van der Waals surface area contributed by atoms with Crippen molar-refractivity contribution in [1.29, 1.82) is 0 Å². The average Bonchev–Trinajstić information content (AvgIpc) is 2.78. The fourth-order valence-corrected chi connectivity index (χ4v) is 2.01. The second-order valence-electron chi connectivity index (χ2n) is 3.09. The van der Waals surface area contributed by atoms with Crippen molar-refractivity contribution in [3.63, 3.8) is 0 Å². The molecular formula is C9H11N5S. The molecule has 0 saturated heterocycles. The van der Waals surface area contributed by atoms with Crippen LogP contribution in [0.5, 0.6) is 0 Å². The molecule has 0 aliphatic heterocycles. The van der Waals surface area contributed by atoms with Gasteiger partial charge in [0.2, 0.25) is 0 Å². The molecule has 2 heterocycles. The summed E-state index contributed by atoms with van der Waals surface area (Å²) in [6.07, 6.45) is 4.17. The van der Waals surface area contributed by atoms with E-state index in [0.717, 1.165) is 22.0 Å². The molecule has 1 unspecified atom stereocenters. The van der Waals surface area contributed by atoms with Crippen LogP contribution in [0.25, 0.3) is 10.6 Å². The Bertz CT molecular complexity index is 427. The number of rotatable bonds is 3. The third-order valence-corrected chi connectivity index (χ3v) is 3.13. The Morgan fingerprint density at radius 2 is 2.27 bits per heavy atom. The predicted molar refractivity (Wildman–Crippen MR) is 58.2 cm³/mol. The minimum absolute atomic E-state index is 0.0222. The van der Waals surface area contributed by atoms with Crippen LogP contribution in [-0.2, 0) is 0 Å². The minimum Gasteiger partial charge on any atom is -0.322 e. The van der Waals surface area contributed by atoms with Crippen molar-refractivity contribution in [1.82, 2.24) is 20.4 Å². The summed E-state index contributed by atoms with van der Waals surface area (Å²) < 4.78 is 0. The molecule has 0 amide bonds. The molecule has 0 fully saturated rings. The van der Waals surface area contributed by atoms with Crippen molar-refractivity contribution in [2.45, 2.75) is 19.4 Å². The Morgan fingerprint density at radius 3 is 2.93 bits per heavy atom. The van der Waals surface area contributed by atoms with Crippen LogP contribution in [-0.4, -0.2) is 20.4 Å². The standard InChI is InChI=1S/C9H11N5S/c1-2-7(10)9-14-13-8(15-9)6-3-4-11-12-5-6/h3-5,7H,2,10H2,1H3. The maximum Gasteiger partial charge on any atom is 0.149 e. The van der Waals surface area contributed by atoms with Crippen molar-refractivity contribution in [3.05, 3.63) is 23.5 Å². The highest BCUT2D eigenvalue weighted by Gasteiger charge is 2.11. The van der Waals surface area contributed by atoms with Crippen LogP contribution in [0.4, 0.5) is 0 Å². The third kappa shape index (κ3) is 2.16. The first kappa shape index (κ1) is 10.1. The molecule has 2 aromatic rings. The molecule has 0 aromatic carbocycles. The first-order valence-electron chi connectivity index (χ1n) is 4.67. The van der Waals surface area contributed by atoms with Gasteiger partial charge in [-0.15, -0.1) is 10.2 Å². The summed E-state index contributed by atoms with van der Waals surface area (Å²) in [6, 6.07) is 1.83. The first-order valence-corrected chi connectivity index (χ1v) is 5.49. The number of hydrogen-bond acceptors (Lipinski definition) is 6. The van der Waals surface area contributed by atoms with Crippen LogP contribution in [0.3, 0.4) is 0 Å². The third-order valence-electron chi connectivity index (χ3n) is 2.03. The largest absolute Gasteiger partial charge is 0.322 e. The van der Waals surface area contributed by atoms with Gasteiger partial charge in [0.15, 0.2) is 0 Å². The lowest BCUT2D eigenvalue weighted by atomic mass is 10.3. The first-order chi connectivity index (χ1) is 7.31. The zero-order valence-corrected chi connectivity index (χ0v) is 9.11. The van der Waals surface area contributed by atoms with Gasteiger partial charge in [-0.3, -0.25) is 0 Å². The zero-order valence-electron chi connectivity index (χ0n) is 8.29. The van der Waals surface area contributed by atoms with Gasteiger partial charge in [0.05, 0.1) is 18.4 Å². The van der Waals surface area contributed by atoms with E-state index in [4.69, 9.17) is 5.73 Å². The summed E-state index contributed by atoms with van der Waals surface area (Å²) in [5, 5.41) is 17.3. The molecule has 0 radical (unpaired) electrons. The van der Waals surface area contributed by atoms with E-state index in [-0.39, 0.29) is 6.04 Å². The van der Waals surface area contributed by atoms with Gasteiger partial charge in [-0.1, -0.05) is 18.3 Å². The van der Waals surface area contributed by atoms with E-state index in [0.29, 0.717) is 0 Å². The van der Waals surface area contributed by atoms with E-state index < -0.39 is 0 Å². The van der Waals surface area contributed by atoms with E-state index in [9.17, 15) is 0 Å². The van der Waals surface area contributed by atoms with Crippen molar-refractivity contribution in [2.24, 2.45) is 5.73 Å². The Balaban J connectivity index is 2.28. The maximum absolute atomic E-state index is 5.87. The van der Waals surface area contributed by atoms with Crippen molar-refractivity contribution < 1.29 is 0 Å². The van der Waals surface area contributed by atoms with Crippen LogP contribution in [0.1, 0.15) is 24.4 Å². The molecular weight excluding hydrogens is 210 g/mol. The fraction of sp³-hybridized carbons (Fsp3) is 0.333. The lowest BCUT2D eigenvalue weighted by Gasteiger charge is -2.00. The molecule has 0 spiro atoms. The number of aromatic nitrogens is 4. The van der Waals surface area contributed by atoms with Crippen LogP contribution in [0, 0.1) is 0 Å². The lowest BCUT2D eigenvalue weighted by Crippen LogP contribution is -2.07. The molecule has 2 N–H and O–H groups in total. The molecule has 15 heavy (non-hydrogen) atoms. The maximum atomic E-state index is 5.87. The van der Waals surface area contributed by atoms with E-state index in [1.54, 1.807) is 12.4 Å². The smallest absolute Gasteiger partial charge is 0.149 e. The van der Waals surface area contributed by atoms with Crippen molar-refractivity contribution in [2.75, 3.05) is 0 Å². The zero-order chi connectivity index (χ0) is 10.7. The van der Waals surface area contributed by atoms with Crippen LogP contribution in [0.15, 0.2) is 18.5 Å². The van der Waals surface area contributed by atoms with Gasteiger partial charge >= 0.3 is 0 Å². The molecule has 2 rings (SSSR count). The van der Waals surface area contributed by atoms with Gasteiger partial charge in [-0.05, 0) is 12.5 Å². The second-order valence-corrected chi connectivity index (χ2v) is 4.10. The topological polar surface area (TPSA) is 77.6 Å². The number of hydrogen-bond donors (Lipinski definition) is 1. The summed E-state index contributed by atoms with van der Waals surface area (Å²) in [5.74, 6) is 0. The quantitative estimate of drug-likeness (QED) is 0.847. The Kier molecular flexibility index (Phi) is 2.98. The summed E-state index contributed by atoms with van der Waals surface area (Å²) in [5.41, 5.74) is 6.79. The Hall–Kier alpha value is -1.40. The highest BCUT2D eigenvalue weighted by atomic mass is 32.1. The lowest BCUT2D eigenvalue weighted by molar-refractivity contribution is 0.683. The van der Waals surface area contributed by atoms with Crippen LogP contribution in [0.2, 0.25) is 0 Å². The van der Waals surface area contributed by atoms with Gasteiger partial charge in [-0.25, -0.2) is 0 Å². The van der Waals surface area contributed by atoms with E-state index in [1.807, 2.05) is 13.0 Å². The highest BCUT2D eigenvalue weighted by Crippen LogP contribution is 2.25. The molecule has 0 aliphatic carbocycles. The predicted octanol–water partition coefficient (Wildman–Crippen LogP) is 1.40. The number of nitrogens with zero attached hydrogens (tertiary/aromatic N) is 4. The Labute approximate surface area is 91.4 Å². The van der Waals surface area contributed by atoms with Gasteiger partial charge in [-0.2, -0.15) is 10.2 Å². The SMILES string of the molecule is CCC(N)c1nnc(-c2ccnnc2)s1. The van der Waals surface area contributed by atoms with Crippen LogP contribution < -0.4 is 5.73 Å². The summed E-state index contributed by atoms with van der Waals surface area (Å²) >= 11 is 1.50. The van der Waals surface area contributed by atoms with E-state index in [2.05, 4.69) is 20.4 Å². The molecule has 2 aromatic heterocycles. The molecule has 78 valence electrons. The normalized spacial score (nSPS) is 12.7. The van der Waals surface area contributed by atoms with Crippen molar-refractivity contribution in [3.8, 4) is 10.6 Å².